The highest BCUT2D eigenvalue weighted by molar-refractivity contribution is 8.76. The van der Waals surface area contributed by atoms with Gasteiger partial charge in [-0.2, -0.15) is 0 Å². The highest BCUT2D eigenvalue weighted by Gasteiger charge is 2.08. The van der Waals surface area contributed by atoms with Crippen LogP contribution in [0.3, 0.4) is 0 Å². The Morgan fingerprint density at radius 2 is 2.00 bits per heavy atom. The fourth-order valence-corrected chi connectivity index (χ4v) is 3.70. The van der Waals surface area contributed by atoms with Crippen LogP contribution in [0.4, 0.5) is 5.69 Å². The van der Waals surface area contributed by atoms with E-state index in [1.54, 1.807) is 39.9 Å². The quantitative estimate of drug-likeness (QED) is 0.451. The highest BCUT2D eigenvalue weighted by atomic mass is 33.1. The Labute approximate surface area is 125 Å². The monoisotopic (exact) mass is 306 g/mol. The van der Waals surface area contributed by atoms with Crippen LogP contribution in [-0.4, -0.2) is 15.2 Å². The lowest BCUT2D eigenvalue weighted by Gasteiger charge is -2.09. The predicted octanol–water partition coefficient (Wildman–Crippen LogP) is 4.36. The standard InChI is InChI=1S/C14H14N2O2S2/c1-11(19-20-14-4-2-3-9-15-14)10-12-5-7-13(8-6-12)16(17)18/h2-9,11H,10H2,1H3. The first-order chi connectivity index (χ1) is 9.65. The van der Waals surface area contributed by atoms with Gasteiger partial charge in [0, 0.05) is 23.6 Å². The molecule has 0 aliphatic carbocycles. The third kappa shape index (κ3) is 4.54. The largest absolute Gasteiger partial charge is 0.269 e. The number of nitro groups is 1. The minimum Gasteiger partial charge on any atom is -0.258 e. The topological polar surface area (TPSA) is 56.0 Å². The summed E-state index contributed by atoms with van der Waals surface area (Å²) in [7, 11) is 3.41. The van der Waals surface area contributed by atoms with Gasteiger partial charge in [0.25, 0.3) is 5.69 Å². The molecule has 1 atom stereocenters. The van der Waals surface area contributed by atoms with Crippen LogP contribution in [-0.2, 0) is 6.42 Å². The third-order valence-corrected chi connectivity index (χ3v) is 5.40. The van der Waals surface area contributed by atoms with Gasteiger partial charge in [0.15, 0.2) is 0 Å². The van der Waals surface area contributed by atoms with Crippen molar-refractivity contribution in [1.82, 2.24) is 4.98 Å². The summed E-state index contributed by atoms with van der Waals surface area (Å²) in [6.45, 7) is 2.14. The van der Waals surface area contributed by atoms with Gasteiger partial charge in [0.1, 0.15) is 5.03 Å². The van der Waals surface area contributed by atoms with E-state index < -0.39 is 0 Å². The number of rotatable bonds is 6. The maximum absolute atomic E-state index is 10.6. The zero-order valence-corrected chi connectivity index (χ0v) is 12.6. The first-order valence-electron chi connectivity index (χ1n) is 6.13. The molecule has 0 amide bonds. The highest BCUT2D eigenvalue weighted by Crippen LogP contribution is 2.34. The van der Waals surface area contributed by atoms with E-state index in [1.165, 1.54) is 0 Å². The molecule has 0 bridgehead atoms. The average molecular weight is 306 g/mol. The molecule has 2 aromatic rings. The number of pyridine rings is 1. The lowest BCUT2D eigenvalue weighted by atomic mass is 10.1. The molecule has 104 valence electrons. The van der Waals surface area contributed by atoms with E-state index in [-0.39, 0.29) is 10.6 Å². The van der Waals surface area contributed by atoms with E-state index >= 15 is 0 Å². The van der Waals surface area contributed by atoms with Crippen molar-refractivity contribution in [3.63, 3.8) is 0 Å². The Morgan fingerprint density at radius 3 is 2.60 bits per heavy atom. The lowest BCUT2D eigenvalue weighted by Crippen LogP contribution is -2.00. The molecule has 20 heavy (non-hydrogen) atoms. The summed E-state index contributed by atoms with van der Waals surface area (Å²) < 4.78 is 0. The molecule has 0 fully saturated rings. The molecule has 0 spiro atoms. The Morgan fingerprint density at radius 1 is 1.25 bits per heavy atom. The van der Waals surface area contributed by atoms with Gasteiger partial charge in [0.2, 0.25) is 0 Å². The van der Waals surface area contributed by atoms with Gasteiger partial charge < -0.3 is 0 Å². The molecule has 4 nitrogen and oxygen atoms in total. The molecular weight excluding hydrogens is 292 g/mol. The maximum atomic E-state index is 10.6. The minimum absolute atomic E-state index is 0.136. The molecule has 0 aliphatic rings. The normalized spacial score (nSPS) is 12.1. The van der Waals surface area contributed by atoms with Crippen molar-refractivity contribution in [3.05, 3.63) is 64.3 Å². The van der Waals surface area contributed by atoms with Crippen LogP contribution in [0.1, 0.15) is 12.5 Å². The van der Waals surface area contributed by atoms with Crippen LogP contribution in [0.2, 0.25) is 0 Å². The second-order valence-corrected chi connectivity index (χ2v) is 6.95. The Kier molecular flexibility index (Phi) is 5.43. The summed E-state index contributed by atoms with van der Waals surface area (Å²) >= 11 is 0. The molecule has 0 radical (unpaired) electrons. The zero-order chi connectivity index (χ0) is 14.4. The molecule has 0 saturated heterocycles. The fourth-order valence-electron chi connectivity index (χ4n) is 1.65. The van der Waals surface area contributed by atoms with E-state index in [2.05, 4.69) is 11.9 Å². The molecule has 0 saturated carbocycles. The van der Waals surface area contributed by atoms with Crippen molar-refractivity contribution in [3.8, 4) is 0 Å². The summed E-state index contributed by atoms with van der Waals surface area (Å²) in [5.74, 6) is 0. The van der Waals surface area contributed by atoms with Crippen LogP contribution in [0, 0.1) is 10.1 Å². The van der Waals surface area contributed by atoms with Gasteiger partial charge in [-0.3, -0.25) is 10.1 Å². The Hall–Kier alpha value is -1.53. The Bertz CT molecular complexity index is 561. The number of nitro benzene ring substituents is 1. The second-order valence-electron chi connectivity index (χ2n) is 4.29. The molecular formula is C14H14N2O2S2. The van der Waals surface area contributed by atoms with Crippen molar-refractivity contribution in [1.29, 1.82) is 0 Å². The lowest BCUT2D eigenvalue weighted by molar-refractivity contribution is -0.384. The zero-order valence-electron chi connectivity index (χ0n) is 10.9. The molecule has 1 aromatic heterocycles. The van der Waals surface area contributed by atoms with Crippen LogP contribution < -0.4 is 0 Å². The van der Waals surface area contributed by atoms with Crippen LogP contribution in [0.25, 0.3) is 0 Å². The predicted molar refractivity (Wildman–Crippen MR) is 83.9 cm³/mol. The molecule has 1 unspecified atom stereocenters. The van der Waals surface area contributed by atoms with Gasteiger partial charge in [-0.25, -0.2) is 4.98 Å². The number of hydrogen-bond acceptors (Lipinski definition) is 5. The summed E-state index contributed by atoms with van der Waals surface area (Å²) in [5.41, 5.74) is 1.24. The van der Waals surface area contributed by atoms with Crippen molar-refractivity contribution >= 4 is 27.3 Å². The van der Waals surface area contributed by atoms with Crippen molar-refractivity contribution in [2.45, 2.75) is 23.6 Å². The van der Waals surface area contributed by atoms with E-state index in [4.69, 9.17) is 0 Å². The molecule has 0 aliphatic heterocycles. The number of non-ortho nitro benzene ring substituents is 1. The molecule has 1 heterocycles. The summed E-state index contributed by atoms with van der Waals surface area (Å²) in [5, 5.41) is 12.0. The van der Waals surface area contributed by atoms with E-state index in [0.717, 1.165) is 17.0 Å². The van der Waals surface area contributed by atoms with Crippen molar-refractivity contribution < 1.29 is 4.92 Å². The number of nitrogens with zero attached hydrogens (tertiary/aromatic N) is 2. The molecule has 2 rings (SSSR count). The Balaban J connectivity index is 1.85. The van der Waals surface area contributed by atoms with Crippen molar-refractivity contribution in [2.24, 2.45) is 0 Å². The van der Waals surface area contributed by atoms with Crippen LogP contribution in [0.15, 0.2) is 53.7 Å². The molecule has 1 aromatic carbocycles. The SMILES string of the molecule is CC(Cc1ccc([N+](=O)[O-])cc1)SSc1ccccn1. The second kappa shape index (κ2) is 7.31. The van der Waals surface area contributed by atoms with E-state index in [9.17, 15) is 10.1 Å². The van der Waals surface area contributed by atoms with E-state index in [0.29, 0.717) is 5.25 Å². The van der Waals surface area contributed by atoms with E-state index in [1.807, 2.05) is 30.3 Å². The van der Waals surface area contributed by atoms with Gasteiger partial charge in [-0.05, 0) is 34.9 Å². The molecule has 0 N–H and O–H groups in total. The maximum Gasteiger partial charge on any atom is 0.269 e. The van der Waals surface area contributed by atoms with Gasteiger partial charge >= 0.3 is 0 Å². The van der Waals surface area contributed by atoms with Crippen LogP contribution >= 0.6 is 21.6 Å². The first-order valence-corrected chi connectivity index (χ1v) is 8.34. The van der Waals surface area contributed by atoms with Gasteiger partial charge in [-0.1, -0.05) is 35.9 Å². The summed E-state index contributed by atoms with van der Waals surface area (Å²) in [6.07, 6.45) is 2.66. The van der Waals surface area contributed by atoms with Gasteiger partial charge in [-0.15, -0.1) is 0 Å². The smallest absolute Gasteiger partial charge is 0.258 e. The van der Waals surface area contributed by atoms with Gasteiger partial charge in [0.05, 0.1) is 4.92 Å². The van der Waals surface area contributed by atoms with Crippen LogP contribution in [0.5, 0.6) is 0 Å². The number of hydrogen-bond donors (Lipinski definition) is 0. The average Bonchev–Trinajstić information content (AvgIpc) is 2.47. The summed E-state index contributed by atoms with van der Waals surface area (Å²) in [6, 6.07) is 12.6. The minimum atomic E-state index is -0.376. The third-order valence-electron chi connectivity index (χ3n) is 2.61. The van der Waals surface area contributed by atoms with Crippen molar-refractivity contribution in [2.75, 3.05) is 0 Å². The molecule has 6 heteroatoms. The number of aromatic nitrogens is 1. The number of benzene rings is 1. The fraction of sp³-hybridized carbons (Fsp3) is 0.214. The summed E-state index contributed by atoms with van der Waals surface area (Å²) in [4.78, 5) is 14.5. The first kappa shape index (κ1) is 14.9.